The van der Waals surface area contributed by atoms with Crippen LogP contribution in [0.3, 0.4) is 0 Å². The van der Waals surface area contributed by atoms with Gasteiger partial charge in [-0.05, 0) is 36.4 Å². The second kappa shape index (κ2) is 8.23. The van der Waals surface area contributed by atoms with Crippen molar-refractivity contribution in [3.05, 3.63) is 42.6 Å². The summed E-state index contributed by atoms with van der Waals surface area (Å²) in [5.74, 6) is -1.40. The molecule has 1 N–H and O–H groups in total. The highest BCUT2D eigenvalue weighted by atomic mass is 32.2. The molecule has 2 aromatic rings. The molecule has 1 aliphatic rings. The fraction of sp³-hybridized carbons (Fsp3) is 0.368. The zero-order valence-electron chi connectivity index (χ0n) is 15.6. The maximum Gasteiger partial charge on any atom is 0.422 e. The molecule has 0 atom stereocenters. The van der Waals surface area contributed by atoms with Gasteiger partial charge >= 0.3 is 12.1 Å². The molecule has 0 radical (unpaired) electrons. The molecule has 1 aromatic heterocycles. The van der Waals surface area contributed by atoms with Crippen molar-refractivity contribution in [2.24, 2.45) is 0 Å². The summed E-state index contributed by atoms with van der Waals surface area (Å²) < 4.78 is 70.4. The lowest BCUT2D eigenvalue weighted by atomic mass is 9.99. The fourth-order valence-corrected chi connectivity index (χ4v) is 4.95. The van der Waals surface area contributed by atoms with E-state index in [0.29, 0.717) is 11.3 Å². The van der Waals surface area contributed by atoms with Gasteiger partial charge in [-0.1, -0.05) is 0 Å². The normalized spacial score (nSPS) is 16.8. The first kappa shape index (κ1) is 22.0. The Bertz CT molecular complexity index is 998. The van der Waals surface area contributed by atoms with Crippen LogP contribution >= 0.6 is 0 Å². The lowest BCUT2D eigenvalue weighted by Crippen LogP contribution is -2.50. The van der Waals surface area contributed by atoms with Gasteiger partial charge in [-0.25, -0.2) is 8.42 Å². The number of aromatic nitrogens is 1. The van der Waals surface area contributed by atoms with E-state index < -0.39 is 33.3 Å². The summed E-state index contributed by atoms with van der Waals surface area (Å²) in [5, 5.41) is 9.60. The van der Waals surface area contributed by atoms with Crippen LogP contribution in [-0.4, -0.2) is 55.2 Å². The molecule has 3 rings (SSSR count). The number of carbonyl (C=O) groups is 1. The third-order valence-electron chi connectivity index (χ3n) is 4.80. The highest BCUT2D eigenvalue weighted by Gasteiger charge is 2.52. The number of sulfone groups is 1. The molecule has 0 spiro atoms. The van der Waals surface area contributed by atoms with Gasteiger partial charge in [-0.15, -0.1) is 0 Å². The topological polar surface area (TPSA) is 103 Å². The number of pyridine rings is 1. The first-order chi connectivity index (χ1) is 14.1. The lowest BCUT2D eigenvalue weighted by Gasteiger charge is -2.32. The number of ether oxygens (including phenoxy) is 2. The Morgan fingerprint density at radius 2 is 1.77 bits per heavy atom. The van der Waals surface area contributed by atoms with Crippen LogP contribution in [0.15, 0.2) is 47.5 Å². The van der Waals surface area contributed by atoms with E-state index in [9.17, 15) is 31.5 Å². The quantitative estimate of drug-likeness (QED) is 0.729. The minimum atomic E-state index is -4.45. The summed E-state index contributed by atoms with van der Waals surface area (Å²) >= 11 is 0. The van der Waals surface area contributed by atoms with Gasteiger partial charge in [0.15, 0.2) is 21.2 Å². The molecule has 1 fully saturated rings. The number of nitrogens with zero attached hydrogens (tertiary/aromatic N) is 1. The Hall–Kier alpha value is -2.66. The Kier molecular flexibility index (Phi) is 6.04. The van der Waals surface area contributed by atoms with Crippen molar-refractivity contribution in [2.75, 3.05) is 19.8 Å². The van der Waals surface area contributed by atoms with E-state index in [1.807, 2.05) is 0 Å². The molecule has 2 heterocycles. The highest BCUT2D eigenvalue weighted by molar-refractivity contribution is 7.93. The van der Waals surface area contributed by atoms with Crippen molar-refractivity contribution < 1.29 is 41.0 Å². The van der Waals surface area contributed by atoms with Gasteiger partial charge in [0.2, 0.25) is 0 Å². The molecular formula is C19H18F3NO6S. The van der Waals surface area contributed by atoms with Crippen molar-refractivity contribution in [1.82, 2.24) is 4.98 Å². The molecule has 1 aliphatic heterocycles. The average molecular weight is 445 g/mol. The van der Waals surface area contributed by atoms with Crippen LogP contribution in [0.25, 0.3) is 11.3 Å². The van der Waals surface area contributed by atoms with Crippen LogP contribution in [-0.2, 0) is 19.4 Å². The van der Waals surface area contributed by atoms with Crippen molar-refractivity contribution >= 4 is 15.8 Å². The summed E-state index contributed by atoms with van der Waals surface area (Å²) in [6.45, 7) is -1.35. The second-order valence-corrected chi connectivity index (χ2v) is 8.98. The molecule has 0 unspecified atom stereocenters. The predicted molar refractivity (Wildman–Crippen MR) is 98.8 cm³/mol. The van der Waals surface area contributed by atoms with E-state index in [4.69, 9.17) is 4.74 Å². The summed E-state index contributed by atoms with van der Waals surface area (Å²) in [6.07, 6.45) is -3.68. The standard InChI is InChI=1S/C19H18F3NO6S/c20-19(21,22)12-29-14-3-1-13(2-4-14)16-6-5-15(11-23-16)30(26,27)18(17(24)25)7-9-28-10-8-18/h1-6,11H,7-10,12H2,(H,24,25). The molecule has 1 saturated heterocycles. The number of alkyl halides is 3. The van der Waals surface area contributed by atoms with Gasteiger partial charge in [0.05, 0.1) is 10.6 Å². The van der Waals surface area contributed by atoms with Gasteiger partial charge in [0, 0.05) is 37.8 Å². The number of hydrogen-bond donors (Lipinski definition) is 1. The average Bonchev–Trinajstić information content (AvgIpc) is 2.72. The molecule has 0 bridgehead atoms. The van der Waals surface area contributed by atoms with Crippen molar-refractivity contribution in [2.45, 2.75) is 28.7 Å². The largest absolute Gasteiger partial charge is 0.484 e. The first-order valence-corrected chi connectivity index (χ1v) is 10.4. The van der Waals surface area contributed by atoms with Gasteiger partial charge < -0.3 is 14.6 Å². The Morgan fingerprint density at radius 1 is 1.13 bits per heavy atom. The summed E-state index contributed by atoms with van der Waals surface area (Å²) in [5.41, 5.74) is 0.894. The number of benzene rings is 1. The van der Waals surface area contributed by atoms with E-state index in [0.717, 1.165) is 6.20 Å². The van der Waals surface area contributed by atoms with Gasteiger partial charge in [-0.3, -0.25) is 9.78 Å². The lowest BCUT2D eigenvalue weighted by molar-refractivity contribution is -0.153. The first-order valence-electron chi connectivity index (χ1n) is 8.87. The molecule has 7 nitrogen and oxygen atoms in total. The monoisotopic (exact) mass is 445 g/mol. The van der Waals surface area contributed by atoms with Gasteiger partial charge in [0.25, 0.3) is 0 Å². The van der Waals surface area contributed by atoms with E-state index in [-0.39, 0.29) is 36.7 Å². The Balaban J connectivity index is 1.81. The molecule has 1 aromatic carbocycles. The van der Waals surface area contributed by atoms with E-state index in [1.165, 1.54) is 36.4 Å². The minimum Gasteiger partial charge on any atom is -0.484 e. The van der Waals surface area contributed by atoms with Crippen LogP contribution in [0.1, 0.15) is 12.8 Å². The molecule has 30 heavy (non-hydrogen) atoms. The zero-order chi connectivity index (χ0) is 22.0. The van der Waals surface area contributed by atoms with Gasteiger partial charge in [-0.2, -0.15) is 13.2 Å². The molecule has 162 valence electrons. The van der Waals surface area contributed by atoms with Gasteiger partial charge in [0.1, 0.15) is 5.75 Å². The van der Waals surface area contributed by atoms with Crippen LogP contribution in [0, 0.1) is 0 Å². The molecule has 0 saturated carbocycles. The number of rotatable bonds is 6. The van der Waals surface area contributed by atoms with E-state index in [2.05, 4.69) is 9.72 Å². The molecular weight excluding hydrogens is 427 g/mol. The SMILES string of the molecule is O=C(O)C1(S(=O)(=O)c2ccc(-c3ccc(OCC(F)(F)F)cc3)nc2)CCOCC1. The molecule has 11 heteroatoms. The number of hydrogen-bond acceptors (Lipinski definition) is 6. The van der Waals surface area contributed by atoms with Crippen LogP contribution in [0.5, 0.6) is 5.75 Å². The van der Waals surface area contributed by atoms with Crippen molar-refractivity contribution in [1.29, 1.82) is 0 Å². The van der Waals surface area contributed by atoms with E-state index >= 15 is 0 Å². The van der Waals surface area contributed by atoms with Crippen LogP contribution in [0.4, 0.5) is 13.2 Å². The highest BCUT2D eigenvalue weighted by Crippen LogP contribution is 2.35. The summed E-state index contributed by atoms with van der Waals surface area (Å²) in [4.78, 5) is 15.7. The smallest absolute Gasteiger partial charge is 0.422 e. The third-order valence-corrected chi connectivity index (χ3v) is 7.28. The maximum atomic E-state index is 13.0. The number of carboxylic acid groups (broad SMARTS) is 1. The predicted octanol–water partition coefficient (Wildman–Crippen LogP) is 3.10. The summed E-state index contributed by atoms with van der Waals surface area (Å²) in [6, 6.07) is 8.34. The van der Waals surface area contributed by atoms with E-state index in [1.54, 1.807) is 0 Å². The molecule has 0 aliphatic carbocycles. The zero-order valence-corrected chi connectivity index (χ0v) is 16.4. The summed E-state index contributed by atoms with van der Waals surface area (Å²) in [7, 11) is -4.22. The Labute approximate surface area is 170 Å². The number of aliphatic carboxylic acids is 1. The van der Waals surface area contributed by atoms with Crippen LogP contribution < -0.4 is 4.74 Å². The minimum absolute atomic E-state index is 0.0261. The Morgan fingerprint density at radius 3 is 2.27 bits per heavy atom. The maximum absolute atomic E-state index is 13.0. The van der Waals surface area contributed by atoms with Crippen molar-refractivity contribution in [3.8, 4) is 17.0 Å². The third kappa shape index (κ3) is 4.41. The fourth-order valence-electron chi connectivity index (χ4n) is 3.12. The second-order valence-electron chi connectivity index (χ2n) is 6.72. The molecule has 0 amide bonds. The number of carboxylic acids is 1. The van der Waals surface area contributed by atoms with Crippen LogP contribution in [0.2, 0.25) is 0 Å². The van der Waals surface area contributed by atoms with Crippen molar-refractivity contribution in [3.63, 3.8) is 0 Å². The number of halogens is 3.